The van der Waals surface area contributed by atoms with Gasteiger partial charge >= 0.3 is 6.09 Å². The summed E-state index contributed by atoms with van der Waals surface area (Å²) >= 11 is 0. The summed E-state index contributed by atoms with van der Waals surface area (Å²) in [5, 5.41) is 55.6. The summed E-state index contributed by atoms with van der Waals surface area (Å²) in [6.07, 6.45) is -3.46. The molecule has 6 rings (SSSR count). The number of imidazole rings is 1. The molecule has 3 aliphatic rings. The fourth-order valence-corrected chi connectivity index (χ4v) is 6.99. The van der Waals surface area contributed by atoms with Crippen molar-refractivity contribution in [2.24, 2.45) is 0 Å². The first-order chi connectivity index (χ1) is 30.0. The molecule has 5 heterocycles. The van der Waals surface area contributed by atoms with Crippen LogP contribution in [0.4, 0.5) is 16.3 Å². The third-order valence-corrected chi connectivity index (χ3v) is 10.4. The van der Waals surface area contributed by atoms with Gasteiger partial charge in [0.2, 0.25) is 23.6 Å². The molecule has 0 bridgehead atoms. The molecule has 24 nitrogen and oxygen atoms in total. The second-order valence-electron chi connectivity index (χ2n) is 15.0. The first-order valence-electron chi connectivity index (χ1n) is 19.7. The minimum Gasteiger partial charge on any atom is -0.445 e. The maximum atomic E-state index is 13.5. The molecule has 2 saturated heterocycles. The van der Waals surface area contributed by atoms with Gasteiger partial charge in [0.25, 0.3) is 11.8 Å². The first kappa shape index (κ1) is 45.7. The van der Waals surface area contributed by atoms with Crippen LogP contribution in [-0.4, -0.2) is 166 Å². The van der Waals surface area contributed by atoms with E-state index in [2.05, 4.69) is 53.1 Å². The molecule has 24 heteroatoms. The number of amides is 7. The number of fused-ring (bicyclic) bond motifs is 1. The number of benzene rings is 1. The van der Waals surface area contributed by atoms with E-state index in [1.807, 2.05) is 0 Å². The van der Waals surface area contributed by atoms with Crippen molar-refractivity contribution in [3.63, 3.8) is 0 Å². The van der Waals surface area contributed by atoms with E-state index < -0.39 is 103 Å². The van der Waals surface area contributed by atoms with Crippen LogP contribution in [-0.2, 0) is 44.8 Å². The van der Waals surface area contributed by atoms with E-state index in [4.69, 9.17) is 9.47 Å². The molecule has 7 amide bonds. The van der Waals surface area contributed by atoms with Crippen molar-refractivity contribution in [1.82, 2.24) is 45.7 Å². The Labute approximate surface area is 358 Å². The number of aliphatic hydroxyl groups excluding tert-OH is 4. The number of ether oxygens (including phenoxy) is 2. The molecule has 1 aromatic carbocycles. The molecule has 0 spiro atoms. The number of nitrogens with one attached hydrogen (secondary N) is 6. The largest absolute Gasteiger partial charge is 0.445 e. The smallest absolute Gasteiger partial charge is 0.410 e. The van der Waals surface area contributed by atoms with Gasteiger partial charge in [-0.25, -0.2) is 19.7 Å². The maximum absolute atomic E-state index is 13.5. The normalized spacial score (nSPS) is 24.1. The number of hydrogen-bond acceptors (Lipinski definition) is 17. The van der Waals surface area contributed by atoms with E-state index in [1.165, 1.54) is 38.6 Å². The highest BCUT2D eigenvalue weighted by molar-refractivity contribution is 6.13. The fraction of sp³-hybridized carbons (Fsp3) is 0.436. The molecule has 0 unspecified atom stereocenters. The van der Waals surface area contributed by atoms with Crippen LogP contribution in [0.25, 0.3) is 11.2 Å². The fourth-order valence-electron chi connectivity index (χ4n) is 6.99. The Morgan fingerprint density at radius 2 is 1.71 bits per heavy atom. The molecule has 2 aromatic heterocycles. The number of anilines is 2. The van der Waals surface area contributed by atoms with Gasteiger partial charge < -0.3 is 61.5 Å². The van der Waals surface area contributed by atoms with E-state index in [0.717, 1.165) is 22.0 Å². The monoisotopic (exact) mass is 877 g/mol. The van der Waals surface area contributed by atoms with Gasteiger partial charge in [0.1, 0.15) is 54.9 Å². The Morgan fingerprint density at radius 1 is 1.00 bits per heavy atom. The summed E-state index contributed by atoms with van der Waals surface area (Å²) in [5.41, 5.74) is 1.80. The van der Waals surface area contributed by atoms with Gasteiger partial charge in [-0.3, -0.25) is 38.6 Å². The Balaban J connectivity index is 0.964. The molecule has 0 saturated carbocycles. The third-order valence-electron chi connectivity index (χ3n) is 10.4. The van der Waals surface area contributed by atoms with Crippen LogP contribution < -0.4 is 26.6 Å². The highest BCUT2D eigenvalue weighted by Crippen LogP contribution is 2.26. The van der Waals surface area contributed by atoms with Crippen molar-refractivity contribution in [1.29, 1.82) is 0 Å². The lowest BCUT2D eigenvalue weighted by Crippen LogP contribution is -2.67. The van der Waals surface area contributed by atoms with Gasteiger partial charge in [-0.15, -0.1) is 0 Å². The van der Waals surface area contributed by atoms with Crippen LogP contribution in [0.3, 0.4) is 0 Å². The Morgan fingerprint density at radius 3 is 2.40 bits per heavy atom. The Hall–Kier alpha value is -6.86. The molecule has 63 heavy (non-hydrogen) atoms. The van der Waals surface area contributed by atoms with Gasteiger partial charge in [-0.2, -0.15) is 0 Å². The predicted octanol–water partition coefficient (Wildman–Crippen LogP) is -2.72. The maximum Gasteiger partial charge on any atom is 0.410 e. The zero-order valence-corrected chi connectivity index (χ0v) is 34.0. The molecule has 9 atom stereocenters. The Bertz CT molecular complexity index is 2250. The molecule has 3 aromatic rings. The lowest BCUT2D eigenvalue weighted by molar-refractivity contribution is -0.185. The van der Waals surface area contributed by atoms with Crippen molar-refractivity contribution in [2.75, 3.05) is 30.3 Å². The summed E-state index contributed by atoms with van der Waals surface area (Å²) in [5.74, 6) is -3.65. The van der Waals surface area contributed by atoms with Gasteiger partial charge in [0, 0.05) is 37.2 Å². The summed E-state index contributed by atoms with van der Waals surface area (Å²) in [6.45, 7) is 5.28. The summed E-state index contributed by atoms with van der Waals surface area (Å²) in [7, 11) is 0. The second kappa shape index (κ2) is 19.9. The van der Waals surface area contributed by atoms with E-state index in [-0.39, 0.29) is 43.9 Å². The second-order valence-corrected chi connectivity index (χ2v) is 15.0. The zero-order valence-electron chi connectivity index (χ0n) is 34.0. The predicted molar refractivity (Wildman–Crippen MR) is 216 cm³/mol. The number of imide groups is 1. The average Bonchev–Trinajstić information content (AvgIpc) is 3.99. The molecule has 10 N–H and O–H groups in total. The number of rotatable bonds is 16. The third kappa shape index (κ3) is 10.8. The summed E-state index contributed by atoms with van der Waals surface area (Å²) in [6, 6.07) is 1.27. The minimum atomic E-state index is -1.66. The molecule has 0 aliphatic carbocycles. The molecular weight excluding hydrogens is 830 g/mol. The Kier molecular flexibility index (Phi) is 14.4. The number of aromatic nitrogens is 4. The number of H-pyrrole nitrogens is 1. The average molecular weight is 878 g/mol. The molecular formula is C39H47N11O13. The number of aliphatic hydroxyl groups is 4. The van der Waals surface area contributed by atoms with Crippen molar-refractivity contribution < 1.29 is 63.5 Å². The lowest BCUT2D eigenvalue weighted by atomic mass is 9.95. The first-order valence-corrected chi connectivity index (χ1v) is 19.7. The molecule has 0 radical (unpaired) electrons. The van der Waals surface area contributed by atoms with Crippen LogP contribution in [0, 0.1) is 0 Å². The van der Waals surface area contributed by atoms with E-state index in [1.54, 1.807) is 12.1 Å². The van der Waals surface area contributed by atoms with Gasteiger partial charge in [0.05, 0.1) is 31.6 Å². The zero-order chi connectivity index (χ0) is 45.5. The van der Waals surface area contributed by atoms with Crippen LogP contribution in [0.5, 0.6) is 0 Å². The van der Waals surface area contributed by atoms with Crippen molar-refractivity contribution in [3.05, 3.63) is 66.8 Å². The highest BCUT2D eigenvalue weighted by Gasteiger charge is 2.48. The van der Waals surface area contributed by atoms with E-state index >= 15 is 0 Å². The lowest BCUT2D eigenvalue weighted by Gasteiger charge is -2.43. The van der Waals surface area contributed by atoms with E-state index in [0.29, 0.717) is 22.4 Å². The van der Waals surface area contributed by atoms with Crippen molar-refractivity contribution in [3.8, 4) is 0 Å². The van der Waals surface area contributed by atoms with Crippen LogP contribution >= 0.6 is 0 Å². The number of aromatic amines is 1. The summed E-state index contributed by atoms with van der Waals surface area (Å²) in [4.78, 5) is 106. The van der Waals surface area contributed by atoms with Crippen LogP contribution in [0.15, 0.2) is 61.2 Å². The van der Waals surface area contributed by atoms with Gasteiger partial charge in [-0.1, -0.05) is 18.7 Å². The molecule has 336 valence electrons. The standard InChI is InChI=1S/C39H47N11O13/c1-18(2)28(46-25(53)10-11-49-26(54)8-9-27(49)55)37(60)44-19(3)35(58)45-21-6-4-20(5-7-21)15-62-39(61)50-13-22(52)12-23(50)36(59)47-29-24(14-51)63-38(32(57)31(29)56)48-34-30-33(41-16-40-30)42-17-43-34/h4-9,16-17,19,22-24,28-29,31-32,38,51-52,56-57H,1,10-15H2,2-3H3,(H,44,60)(H,45,58)(H,46,53)(H,47,59)(H2,40,41,42,43,48)/t19-,22+,23+,24-,28-,29-,31+,32-,38-/m0/s1. The molecule has 2 fully saturated rings. The SMILES string of the molecule is C=C(C)[C@H](NC(=O)CCN1C(=O)C=CC1=O)C(=O)N[C@@H](C)C(=O)Nc1ccc(COC(=O)N2C[C@H](O)C[C@@H]2C(=O)N[C@@H]2[C@@H](O)[C@H](O)[C@@H](Nc3ncnc4nc[nH]c34)O[C@H]2CO)cc1. The quantitative estimate of drug-likeness (QED) is 0.0516. The number of carbonyl (C=O) groups is 7. The van der Waals surface area contributed by atoms with E-state index in [9.17, 15) is 54.0 Å². The number of β-amino-alcohol motifs (C(OH)–C–C–N with tert-alkyl or cyclic N) is 1. The highest BCUT2D eigenvalue weighted by atomic mass is 16.6. The van der Waals surface area contributed by atoms with Crippen molar-refractivity contribution in [2.45, 2.75) is 88.1 Å². The van der Waals surface area contributed by atoms with Gasteiger partial charge in [0.15, 0.2) is 17.7 Å². The number of nitrogens with zero attached hydrogens (tertiary/aromatic N) is 5. The minimum absolute atomic E-state index is 0.173. The number of likely N-dealkylation sites (tertiary alicyclic amines) is 1. The van der Waals surface area contributed by atoms with Gasteiger partial charge in [-0.05, 0) is 37.1 Å². The molecule has 3 aliphatic heterocycles. The number of hydrogen-bond donors (Lipinski definition) is 10. The topological polar surface area (TPSA) is 340 Å². The number of carbonyl (C=O) groups excluding carboxylic acids is 7. The van der Waals surface area contributed by atoms with Crippen molar-refractivity contribution >= 4 is 64.2 Å². The van der Waals surface area contributed by atoms with Crippen LogP contribution in [0.1, 0.15) is 32.3 Å². The van der Waals surface area contributed by atoms with Crippen LogP contribution in [0.2, 0.25) is 0 Å². The summed E-state index contributed by atoms with van der Waals surface area (Å²) < 4.78 is 11.2.